The third kappa shape index (κ3) is 2.91. The molecule has 0 amide bonds. The first-order chi connectivity index (χ1) is 5.22. The van der Waals surface area contributed by atoms with E-state index < -0.39 is 0 Å². The fourth-order valence-electron chi connectivity index (χ4n) is 0.694. The third-order valence-corrected chi connectivity index (χ3v) is 3.32. The molecule has 11 heavy (non-hydrogen) atoms. The molecule has 0 heterocycles. The number of benzene rings is 1. The van der Waals surface area contributed by atoms with Crippen molar-refractivity contribution in [3.63, 3.8) is 0 Å². The van der Waals surface area contributed by atoms with Crippen LogP contribution in [0.4, 0.5) is 0 Å². The molecule has 1 rings (SSSR count). The molecule has 0 saturated heterocycles. The Morgan fingerprint density at radius 2 is 1.64 bits per heavy atom. The number of hydrogen-bond acceptors (Lipinski definition) is 0. The Morgan fingerprint density at radius 1 is 1.09 bits per heavy atom. The molecular weight excluding hydrogens is 385 g/mol. The van der Waals surface area contributed by atoms with Gasteiger partial charge in [0.25, 0.3) is 0 Å². The van der Waals surface area contributed by atoms with E-state index in [0.717, 1.165) is 12.2 Å². The summed E-state index contributed by atoms with van der Waals surface area (Å²) < 4.78 is 1.09. The second-order valence-electron chi connectivity index (χ2n) is 1.94. The van der Waals surface area contributed by atoms with Crippen LogP contribution in [0, 0.1) is 0 Å². The molecule has 1 aromatic carbocycles. The Hall–Kier alpha value is 0.710. The number of rotatable bonds is 1. The minimum absolute atomic E-state index is 0.826. The van der Waals surface area contributed by atoms with Crippen LogP contribution < -0.4 is 0 Å². The van der Waals surface area contributed by atoms with Gasteiger partial charge in [-0.15, -0.1) is 0 Å². The van der Waals surface area contributed by atoms with Crippen LogP contribution in [0.2, 0.25) is 0 Å². The van der Waals surface area contributed by atoms with E-state index in [2.05, 4.69) is 45.2 Å². The second kappa shape index (κ2) is 4.67. The first-order valence-corrected chi connectivity index (χ1v) is 5.51. The van der Waals surface area contributed by atoms with Crippen LogP contribution in [0.25, 0.3) is 5.03 Å². The van der Waals surface area contributed by atoms with Crippen molar-refractivity contribution in [2.75, 3.05) is 0 Å². The molecule has 0 spiro atoms. The maximum atomic E-state index is 6.01. The SMILES string of the molecule is ClC(=C(I)I)c1ccccc1. The Balaban J connectivity index is 3.04. The lowest BCUT2D eigenvalue weighted by Crippen LogP contribution is -1.74. The summed E-state index contributed by atoms with van der Waals surface area (Å²) in [5.74, 6) is 0. The van der Waals surface area contributed by atoms with Gasteiger partial charge in [0, 0.05) is 0 Å². The maximum absolute atomic E-state index is 6.01. The monoisotopic (exact) mass is 390 g/mol. The molecule has 3 heteroatoms. The summed E-state index contributed by atoms with van der Waals surface area (Å²) in [6, 6.07) is 9.94. The first-order valence-electron chi connectivity index (χ1n) is 2.98. The molecule has 0 aliphatic heterocycles. The van der Waals surface area contributed by atoms with E-state index in [4.69, 9.17) is 11.6 Å². The zero-order chi connectivity index (χ0) is 8.27. The van der Waals surface area contributed by atoms with E-state index in [0.29, 0.717) is 0 Å². The van der Waals surface area contributed by atoms with Crippen molar-refractivity contribution in [1.29, 1.82) is 0 Å². The van der Waals surface area contributed by atoms with Gasteiger partial charge in [-0.1, -0.05) is 41.9 Å². The van der Waals surface area contributed by atoms with Gasteiger partial charge >= 0.3 is 0 Å². The Bertz CT molecular complexity index is 263. The van der Waals surface area contributed by atoms with Gasteiger partial charge in [-0.25, -0.2) is 0 Å². The van der Waals surface area contributed by atoms with Gasteiger partial charge in [0.05, 0.1) is 6.62 Å². The van der Waals surface area contributed by atoms with Crippen LogP contribution in [0.1, 0.15) is 5.56 Å². The molecule has 0 saturated carbocycles. The largest absolute Gasteiger partial charge is 0.0820 e. The Labute approximate surface area is 98.3 Å². The number of halogens is 3. The van der Waals surface area contributed by atoms with Crippen molar-refractivity contribution in [2.24, 2.45) is 0 Å². The molecule has 0 aliphatic rings. The Kier molecular flexibility index (Phi) is 4.16. The summed E-state index contributed by atoms with van der Waals surface area (Å²) >= 11 is 10.4. The highest BCUT2D eigenvalue weighted by atomic mass is 127. The summed E-state index contributed by atoms with van der Waals surface area (Å²) in [5.41, 5.74) is 1.08. The highest BCUT2D eigenvalue weighted by molar-refractivity contribution is 14.2. The molecule has 0 atom stereocenters. The van der Waals surface area contributed by atoms with Gasteiger partial charge in [0.15, 0.2) is 0 Å². The molecule has 1 aromatic rings. The second-order valence-corrected chi connectivity index (χ2v) is 6.54. The summed E-state index contributed by atoms with van der Waals surface area (Å²) in [6.45, 7) is 0. The van der Waals surface area contributed by atoms with E-state index in [1.807, 2.05) is 30.3 Å². The third-order valence-electron chi connectivity index (χ3n) is 1.19. The van der Waals surface area contributed by atoms with Gasteiger partial charge in [-0.3, -0.25) is 0 Å². The number of hydrogen-bond donors (Lipinski definition) is 0. The first kappa shape index (κ1) is 9.80. The maximum Gasteiger partial charge on any atom is 0.0706 e. The lowest BCUT2D eigenvalue weighted by molar-refractivity contribution is 1.65. The van der Waals surface area contributed by atoms with Crippen LogP contribution in [0.15, 0.2) is 31.9 Å². The molecule has 0 radical (unpaired) electrons. The lowest BCUT2D eigenvalue weighted by Gasteiger charge is -1.97. The molecule has 0 N–H and O–H groups in total. The van der Waals surface area contributed by atoms with Crippen LogP contribution in [0.3, 0.4) is 0 Å². The van der Waals surface area contributed by atoms with Crippen molar-refractivity contribution >= 4 is 61.8 Å². The van der Waals surface area contributed by atoms with Crippen LogP contribution >= 0.6 is 56.8 Å². The van der Waals surface area contributed by atoms with Gasteiger partial charge < -0.3 is 0 Å². The van der Waals surface area contributed by atoms with Crippen molar-refractivity contribution in [3.8, 4) is 0 Å². The van der Waals surface area contributed by atoms with Crippen molar-refractivity contribution in [1.82, 2.24) is 0 Å². The summed E-state index contributed by atoms with van der Waals surface area (Å²) in [5, 5.41) is 0.826. The fourth-order valence-corrected chi connectivity index (χ4v) is 1.44. The normalized spacial score (nSPS) is 9.36. The van der Waals surface area contributed by atoms with Crippen molar-refractivity contribution in [3.05, 3.63) is 37.5 Å². The van der Waals surface area contributed by atoms with E-state index in [-0.39, 0.29) is 0 Å². The average molecular weight is 390 g/mol. The van der Waals surface area contributed by atoms with Crippen LogP contribution in [-0.4, -0.2) is 0 Å². The van der Waals surface area contributed by atoms with Crippen molar-refractivity contribution in [2.45, 2.75) is 0 Å². The molecule has 0 aromatic heterocycles. The summed E-state index contributed by atoms with van der Waals surface area (Å²) in [6.07, 6.45) is 0. The molecule has 58 valence electrons. The summed E-state index contributed by atoms with van der Waals surface area (Å²) in [4.78, 5) is 0. The highest BCUT2D eigenvalue weighted by Crippen LogP contribution is 2.30. The summed E-state index contributed by atoms with van der Waals surface area (Å²) in [7, 11) is 0. The van der Waals surface area contributed by atoms with Crippen LogP contribution in [-0.2, 0) is 0 Å². The lowest BCUT2D eigenvalue weighted by atomic mass is 10.2. The predicted molar refractivity (Wildman–Crippen MR) is 67.3 cm³/mol. The van der Waals surface area contributed by atoms with Crippen molar-refractivity contribution < 1.29 is 0 Å². The minimum Gasteiger partial charge on any atom is -0.0820 e. The highest BCUT2D eigenvalue weighted by Gasteiger charge is 1.99. The molecule has 0 unspecified atom stereocenters. The topological polar surface area (TPSA) is 0 Å². The zero-order valence-corrected chi connectivity index (χ0v) is 10.6. The van der Waals surface area contributed by atoms with Gasteiger partial charge in [-0.05, 0) is 50.7 Å². The molecule has 0 nitrogen and oxygen atoms in total. The van der Waals surface area contributed by atoms with E-state index >= 15 is 0 Å². The Morgan fingerprint density at radius 3 is 2.09 bits per heavy atom. The van der Waals surface area contributed by atoms with E-state index in [1.54, 1.807) is 0 Å². The smallest absolute Gasteiger partial charge is 0.0706 e. The predicted octanol–water partition coefficient (Wildman–Crippen LogP) is 4.42. The molecule has 0 bridgehead atoms. The average Bonchev–Trinajstić information content (AvgIpc) is 2.05. The fraction of sp³-hybridized carbons (Fsp3) is 0. The van der Waals surface area contributed by atoms with Gasteiger partial charge in [0.2, 0.25) is 0 Å². The molecule has 0 aliphatic carbocycles. The van der Waals surface area contributed by atoms with Crippen LogP contribution in [0.5, 0.6) is 0 Å². The van der Waals surface area contributed by atoms with E-state index in [1.165, 1.54) is 0 Å². The zero-order valence-electron chi connectivity index (χ0n) is 5.52. The van der Waals surface area contributed by atoms with Gasteiger partial charge in [-0.2, -0.15) is 0 Å². The molecule has 0 fully saturated rings. The standard InChI is InChI=1S/C8H5ClI2/c9-7(8(10)11)6-4-2-1-3-5-6/h1-5H. The van der Waals surface area contributed by atoms with E-state index in [9.17, 15) is 0 Å². The minimum atomic E-state index is 0.826. The molecular formula is C8H5ClI2. The quantitative estimate of drug-likeness (QED) is 0.623. The van der Waals surface area contributed by atoms with Gasteiger partial charge in [0.1, 0.15) is 0 Å².